The first-order valence-corrected chi connectivity index (χ1v) is 12.1. The van der Waals surface area contributed by atoms with Crippen LogP contribution < -0.4 is 0 Å². The van der Waals surface area contributed by atoms with Crippen LogP contribution in [0.15, 0.2) is 0 Å². The Morgan fingerprint density at radius 3 is 1.18 bits per heavy atom. The van der Waals surface area contributed by atoms with Gasteiger partial charge >= 0.3 is 19.5 Å². The largest absolute Gasteiger partial charge is 2.00 e. The van der Waals surface area contributed by atoms with Gasteiger partial charge in [-0.2, -0.15) is 12.8 Å². The zero-order valence-electron chi connectivity index (χ0n) is 14.8. The zero-order valence-corrected chi connectivity index (χ0v) is 20.4. The van der Waals surface area contributed by atoms with Crippen LogP contribution in [0.3, 0.4) is 0 Å². The molecule has 6 heteroatoms. The molecule has 0 aliphatic heterocycles. The summed E-state index contributed by atoms with van der Waals surface area (Å²) in [6.07, 6.45) is 16.0. The second-order valence-corrected chi connectivity index (χ2v) is 10.1. The molecule has 2 N–H and O–H groups in total. The minimum atomic E-state index is -3.11. The molecule has 0 aromatic carbocycles. The summed E-state index contributed by atoms with van der Waals surface area (Å²) in [7, 11) is 0. The van der Waals surface area contributed by atoms with E-state index in [4.69, 9.17) is 9.79 Å². The van der Waals surface area contributed by atoms with Crippen molar-refractivity contribution in [2.75, 3.05) is 0 Å². The van der Waals surface area contributed by atoms with Gasteiger partial charge in [0.2, 0.25) is 5.69 Å². The van der Waals surface area contributed by atoms with E-state index in [2.05, 4.69) is 51.8 Å². The number of unbranched alkanes of at least 4 members (excludes halogenated alkanes) is 10. The van der Waals surface area contributed by atoms with Crippen LogP contribution in [0.25, 0.3) is 0 Å². The summed E-state index contributed by atoms with van der Waals surface area (Å²) in [5.74, 6) is 0. The van der Waals surface area contributed by atoms with Gasteiger partial charge in [0, 0.05) is 0 Å². The number of hydrogen-bond acceptors (Lipinski definition) is 1. The van der Waals surface area contributed by atoms with Gasteiger partial charge < -0.3 is 23.6 Å². The van der Waals surface area contributed by atoms with E-state index >= 15 is 0 Å². The van der Waals surface area contributed by atoms with Crippen molar-refractivity contribution in [1.29, 1.82) is 0 Å². The van der Waals surface area contributed by atoms with Crippen LogP contribution in [-0.2, 0) is 31.3 Å². The Labute approximate surface area is 163 Å². The predicted molar refractivity (Wildman–Crippen MR) is 105 cm³/mol. The Bertz CT molecular complexity index is 182. The van der Waals surface area contributed by atoms with Crippen molar-refractivity contribution >= 4 is 29.7 Å². The second-order valence-electron chi connectivity index (χ2n) is 5.05. The molecule has 2 nitrogen and oxygen atoms in total. The monoisotopic (exact) mass is 420 g/mol. The summed E-state index contributed by atoms with van der Waals surface area (Å²) >= 11 is 7.07. The molecule has 0 aliphatic rings. The van der Waals surface area contributed by atoms with Gasteiger partial charge in [0.25, 0.3) is 0 Å². The number of thiol groups is 1. The minimum Gasteiger partial charge on any atom is -0.343 e. The standard InChI is InChI=1S/2C8H17.H3O2PS2.Zn/c2*1-3-5-7-8-6-4-2;1-3(2,4)5;/h2*1,3-8H2,2H3;(H3,1,2,4,5);/q2*-1;;+2. The van der Waals surface area contributed by atoms with E-state index in [0.29, 0.717) is 0 Å². The van der Waals surface area contributed by atoms with Crippen LogP contribution in [0.5, 0.6) is 0 Å². The van der Waals surface area contributed by atoms with Crippen LogP contribution in [0.2, 0.25) is 0 Å². The fourth-order valence-electron chi connectivity index (χ4n) is 1.56. The van der Waals surface area contributed by atoms with Gasteiger partial charge in [0.15, 0.2) is 0 Å². The van der Waals surface area contributed by atoms with Crippen molar-refractivity contribution in [3.8, 4) is 0 Å². The van der Waals surface area contributed by atoms with Crippen molar-refractivity contribution in [3.63, 3.8) is 0 Å². The van der Waals surface area contributed by atoms with E-state index < -0.39 is 5.69 Å². The molecule has 0 saturated carbocycles. The van der Waals surface area contributed by atoms with E-state index in [1.807, 2.05) is 0 Å². The van der Waals surface area contributed by atoms with E-state index in [1.54, 1.807) is 0 Å². The van der Waals surface area contributed by atoms with E-state index in [1.165, 1.54) is 64.2 Å². The Morgan fingerprint density at radius 2 is 1.00 bits per heavy atom. The molecule has 0 atom stereocenters. The third kappa shape index (κ3) is 68.2. The van der Waals surface area contributed by atoms with E-state index in [-0.39, 0.29) is 19.5 Å². The molecule has 0 aliphatic carbocycles. The molecule has 0 fully saturated rings. The van der Waals surface area contributed by atoms with E-state index in [9.17, 15) is 0 Å². The molecule has 0 radical (unpaired) electrons. The minimum absolute atomic E-state index is 0. The molecule has 0 unspecified atom stereocenters. The van der Waals surface area contributed by atoms with Gasteiger partial charge in [-0.1, -0.05) is 90.3 Å². The molecule has 0 aromatic rings. The van der Waals surface area contributed by atoms with Crippen LogP contribution >= 0.6 is 17.9 Å². The van der Waals surface area contributed by atoms with Crippen molar-refractivity contribution in [2.24, 2.45) is 0 Å². The van der Waals surface area contributed by atoms with Crippen molar-refractivity contribution in [3.05, 3.63) is 13.8 Å². The maximum Gasteiger partial charge on any atom is 2.00 e. The van der Waals surface area contributed by atoms with Crippen LogP contribution in [0, 0.1) is 13.8 Å². The van der Waals surface area contributed by atoms with Crippen molar-refractivity contribution < 1.29 is 29.3 Å². The Balaban J connectivity index is -0.000000111. The van der Waals surface area contributed by atoms with Gasteiger partial charge in [-0.25, -0.2) is 0 Å². The quantitative estimate of drug-likeness (QED) is 0.124. The molecule has 0 saturated heterocycles. The number of hydrogen-bond donors (Lipinski definition) is 3. The zero-order chi connectivity index (χ0) is 17.0. The second kappa shape index (κ2) is 27.4. The average Bonchev–Trinajstić information content (AvgIpc) is 2.39. The SMILES string of the molecule is OP(O)(=S)S.[CH2-]CCCCCCC.[CH2-]CCCCCCC.[Zn+2]. The van der Waals surface area contributed by atoms with Crippen molar-refractivity contribution in [2.45, 2.75) is 90.9 Å². The predicted octanol–water partition coefficient (Wildman–Crippen LogP) is 6.48. The first kappa shape index (κ1) is 31.3. The molecule has 0 amide bonds. The summed E-state index contributed by atoms with van der Waals surface area (Å²) < 4.78 is 0. The smallest absolute Gasteiger partial charge is 0.343 e. The molecule has 0 rings (SSSR count). The number of rotatable bonds is 10. The topological polar surface area (TPSA) is 40.5 Å². The first-order valence-electron chi connectivity index (χ1n) is 8.20. The first-order chi connectivity index (χ1) is 9.83. The summed E-state index contributed by atoms with van der Waals surface area (Å²) in [5.41, 5.74) is -3.11. The van der Waals surface area contributed by atoms with Gasteiger partial charge in [0.1, 0.15) is 0 Å². The summed E-state index contributed by atoms with van der Waals surface area (Å²) in [6.45, 7) is 12.0. The van der Waals surface area contributed by atoms with Gasteiger partial charge in [-0.15, -0.1) is 0 Å². The van der Waals surface area contributed by atoms with Gasteiger partial charge in [-0.3, -0.25) is 0 Å². The third-order valence-electron chi connectivity index (χ3n) is 2.71. The van der Waals surface area contributed by atoms with Crippen LogP contribution in [0.1, 0.15) is 90.9 Å². The molecule has 0 aromatic heterocycles. The Morgan fingerprint density at radius 1 is 0.773 bits per heavy atom. The average molecular weight is 422 g/mol. The van der Waals surface area contributed by atoms with Crippen LogP contribution in [0.4, 0.5) is 0 Å². The summed E-state index contributed by atoms with van der Waals surface area (Å²) in [5, 5.41) is 0. The molecule has 132 valence electrons. The maximum absolute atomic E-state index is 7.87. The third-order valence-corrected chi connectivity index (χ3v) is 2.71. The van der Waals surface area contributed by atoms with Crippen molar-refractivity contribution in [1.82, 2.24) is 0 Å². The van der Waals surface area contributed by atoms with E-state index in [0.717, 1.165) is 12.8 Å². The summed E-state index contributed by atoms with van der Waals surface area (Å²) in [6, 6.07) is 0. The Kier molecular flexibility index (Phi) is 39.0. The van der Waals surface area contributed by atoms with Crippen LogP contribution in [-0.4, -0.2) is 9.79 Å². The van der Waals surface area contributed by atoms with Gasteiger partial charge in [0.05, 0.1) is 0 Å². The molecule has 0 spiro atoms. The molecular formula is C16H37O2PS2Zn. The molecule has 0 heterocycles. The normalized spacial score (nSPS) is 9.77. The maximum atomic E-state index is 7.87. The molecule has 0 bridgehead atoms. The Hall–Kier alpha value is 1.54. The molecule has 22 heavy (non-hydrogen) atoms. The van der Waals surface area contributed by atoms with Gasteiger partial charge in [-0.05, 0) is 11.8 Å². The fourth-order valence-corrected chi connectivity index (χ4v) is 1.56. The fraction of sp³-hybridized carbons (Fsp3) is 0.875. The summed E-state index contributed by atoms with van der Waals surface area (Å²) in [4.78, 5) is 15.7. The molecular weight excluding hydrogens is 385 g/mol.